The molecular formula is C22H30N6O2. The van der Waals surface area contributed by atoms with Crippen molar-refractivity contribution in [1.82, 2.24) is 24.7 Å². The van der Waals surface area contributed by atoms with Crippen molar-refractivity contribution in [2.75, 3.05) is 77.0 Å². The van der Waals surface area contributed by atoms with E-state index in [0.717, 1.165) is 70.6 Å². The maximum atomic E-state index is 12.7. The van der Waals surface area contributed by atoms with Crippen LogP contribution in [0.1, 0.15) is 0 Å². The van der Waals surface area contributed by atoms with E-state index < -0.39 is 0 Å². The average molecular weight is 411 g/mol. The van der Waals surface area contributed by atoms with Gasteiger partial charge in [-0.3, -0.25) is 14.6 Å². The van der Waals surface area contributed by atoms with Gasteiger partial charge in [0.05, 0.1) is 6.54 Å². The van der Waals surface area contributed by atoms with Crippen molar-refractivity contribution in [2.24, 2.45) is 0 Å². The quantitative estimate of drug-likeness (QED) is 0.670. The normalized spacial score (nSPS) is 18.4. The third kappa shape index (κ3) is 5.67. The molecule has 160 valence electrons. The summed E-state index contributed by atoms with van der Waals surface area (Å²) in [5, 5.41) is 0. The minimum Gasteiger partial charge on any atom is -0.492 e. The number of para-hydroxylation sites is 1. The third-order valence-corrected chi connectivity index (χ3v) is 5.71. The smallest absolute Gasteiger partial charge is 0.236 e. The highest BCUT2D eigenvalue weighted by Gasteiger charge is 2.25. The third-order valence-electron chi connectivity index (χ3n) is 5.71. The number of carbonyl (C=O) groups excluding carboxylic acids is 1. The lowest BCUT2D eigenvalue weighted by Crippen LogP contribution is -2.54. The van der Waals surface area contributed by atoms with E-state index in [1.165, 1.54) is 0 Å². The summed E-state index contributed by atoms with van der Waals surface area (Å²) in [5.74, 6) is 1.89. The van der Waals surface area contributed by atoms with Crippen molar-refractivity contribution < 1.29 is 9.53 Å². The molecule has 0 N–H and O–H groups in total. The highest BCUT2D eigenvalue weighted by atomic mass is 16.5. The fourth-order valence-electron chi connectivity index (χ4n) is 3.88. The van der Waals surface area contributed by atoms with Crippen LogP contribution in [0.2, 0.25) is 0 Å². The van der Waals surface area contributed by atoms with E-state index in [0.29, 0.717) is 13.2 Å². The maximum absolute atomic E-state index is 12.7. The first-order chi connectivity index (χ1) is 14.8. The van der Waals surface area contributed by atoms with Crippen molar-refractivity contribution in [3.63, 3.8) is 0 Å². The lowest BCUT2D eigenvalue weighted by Gasteiger charge is -2.38. The zero-order valence-corrected chi connectivity index (χ0v) is 17.4. The van der Waals surface area contributed by atoms with Crippen LogP contribution in [0.5, 0.6) is 5.75 Å². The van der Waals surface area contributed by atoms with Crippen molar-refractivity contribution in [1.29, 1.82) is 0 Å². The minimum absolute atomic E-state index is 0.226. The molecule has 1 aromatic carbocycles. The Balaban J connectivity index is 1.13. The molecule has 2 aromatic rings. The monoisotopic (exact) mass is 410 g/mol. The summed E-state index contributed by atoms with van der Waals surface area (Å²) in [7, 11) is 0. The topological polar surface area (TPSA) is 65.0 Å². The van der Waals surface area contributed by atoms with Crippen LogP contribution in [0.25, 0.3) is 0 Å². The Labute approximate surface area is 178 Å². The first-order valence-corrected chi connectivity index (χ1v) is 10.7. The molecule has 1 amide bonds. The van der Waals surface area contributed by atoms with Gasteiger partial charge in [0.15, 0.2) is 0 Å². The molecule has 0 bridgehead atoms. The fraction of sp³-hybridized carbons (Fsp3) is 0.500. The molecule has 0 radical (unpaired) electrons. The summed E-state index contributed by atoms with van der Waals surface area (Å²) in [6.07, 6.45) is 3.51. The maximum Gasteiger partial charge on any atom is 0.236 e. The molecule has 0 spiro atoms. The van der Waals surface area contributed by atoms with Gasteiger partial charge in [0.1, 0.15) is 12.4 Å². The lowest BCUT2D eigenvalue weighted by atomic mass is 10.2. The molecule has 0 unspecified atom stereocenters. The second kappa shape index (κ2) is 10.4. The molecular weight excluding hydrogens is 380 g/mol. The van der Waals surface area contributed by atoms with Crippen LogP contribution < -0.4 is 9.64 Å². The first-order valence-electron chi connectivity index (χ1n) is 10.7. The van der Waals surface area contributed by atoms with Crippen LogP contribution in [0.15, 0.2) is 48.8 Å². The van der Waals surface area contributed by atoms with E-state index in [9.17, 15) is 4.79 Å². The number of ether oxygens (including phenoxy) is 1. The van der Waals surface area contributed by atoms with E-state index in [4.69, 9.17) is 4.74 Å². The summed E-state index contributed by atoms with van der Waals surface area (Å²) in [6, 6.07) is 11.7. The Morgan fingerprint density at radius 3 is 2.20 bits per heavy atom. The number of nitrogens with zero attached hydrogens (tertiary/aromatic N) is 6. The van der Waals surface area contributed by atoms with Gasteiger partial charge in [0.25, 0.3) is 0 Å². The van der Waals surface area contributed by atoms with Crippen molar-refractivity contribution >= 4 is 11.9 Å². The molecule has 2 aliphatic heterocycles. The minimum atomic E-state index is 0.226. The number of piperazine rings is 2. The molecule has 1 aromatic heterocycles. The van der Waals surface area contributed by atoms with Gasteiger partial charge in [-0.1, -0.05) is 18.2 Å². The van der Waals surface area contributed by atoms with E-state index >= 15 is 0 Å². The number of amides is 1. The number of hydrogen-bond acceptors (Lipinski definition) is 7. The molecule has 8 heteroatoms. The van der Waals surface area contributed by atoms with E-state index in [2.05, 4.69) is 24.7 Å². The standard InChI is InChI=1S/C22H30N6O2/c29-21(27-13-15-28(16-14-27)22-23-7-4-8-24-22)19-26-11-9-25(10-12-26)17-18-30-20-5-2-1-3-6-20/h1-8H,9-19H2. The first kappa shape index (κ1) is 20.6. The molecule has 0 aliphatic carbocycles. The van der Waals surface area contributed by atoms with Crippen molar-refractivity contribution in [3.05, 3.63) is 48.8 Å². The molecule has 30 heavy (non-hydrogen) atoms. The lowest BCUT2D eigenvalue weighted by molar-refractivity contribution is -0.133. The number of anilines is 1. The number of benzene rings is 1. The molecule has 3 heterocycles. The van der Waals surface area contributed by atoms with E-state index in [-0.39, 0.29) is 5.91 Å². The molecule has 2 aliphatic rings. The van der Waals surface area contributed by atoms with Crippen LogP contribution in [0, 0.1) is 0 Å². The van der Waals surface area contributed by atoms with Gasteiger partial charge in [-0.25, -0.2) is 9.97 Å². The van der Waals surface area contributed by atoms with Gasteiger partial charge in [-0.05, 0) is 18.2 Å². The Bertz CT molecular complexity index is 775. The zero-order chi connectivity index (χ0) is 20.6. The summed E-state index contributed by atoms with van der Waals surface area (Å²) < 4.78 is 5.79. The second-order valence-electron chi connectivity index (χ2n) is 7.70. The molecule has 8 nitrogen and oxygen atoms in total. The van der Waals surface area contributed by atoms with Crippen LogP contribution in [0.3, 0.4) is 0 Å². The van der Waals surface area contributed by atoms with Crippen LogP contribution in [0.4, 0.5) is 5.95 Å². The summed E-state index contributed by atoms with van der Waals surface area (Å²) >= 11 is 0. The van der Waals surface area contributed by atoms with Crippen LogP contribution in [-0.4, -0.2) is 103 Å². The number of carbonyl (C=O) groups is 1. The fourth-order valence-corrected chi connectivity index (χ4v) is 3.88. The van der Waals surface area contributed by atoms with Gasteiger partial charge in [-0.15, -0.1) is 0 Å². The SMILES string of the molecule is O=C(CN1CCN(CCOc2ccccc2)CC1)N1CCN(c2ncccn2)CC1. The van der Waals surface area contributed by atoms with Gasteiger partial charge in [0, 0.05) is 71.3 Å². The molecule has 4 rings (SSSR count). The Morgan fingerprint density at radius 2 is 1.50 bits per heavy atom. The molecule has 2 fully saturated rings. The zero-order valence-electron chi connectivity index (χ0n) is 17.4. The van der Waals surface area contributed by atoms with Crippen molar-refractivity contribution in [2.45, 2.75) is 0 Å². The average Bonchev–Trinajstić information content (AvgIpc) is 2.81. The van der Waals surface area contributed by atoms with Crippen molar-refractivity contribution in [3.8, 4) is 5.75 Å². The number of rotatable bonds is 7. The van der Waals surface area contributed by atoms with Crippen LogP contribution in [-0.2, 0) is 4.79 Å². The molecule has 0 saturated carbocycles. The largest absolute Gasteiger partial charge is 0.492 e. The van der Waals surface area contributed by atoms with Gasteiger partial charge < -0.3 is 14.5 Å². The van der Waals surface area contributed by atoms with Gasteiger partial charge in [0.2, 0.25) is 11.9 Å². The van der Waals surface area contributed by atoms with Gasteiger partial charge >= 0.3 is 0 Å². The summed E-state index contributed by atoms with van der Waals surface area (Å²) in [5.41, 5.74) is 0. The number of aromatic nitrogens is 2. The Morgan fingerprint density at radius 1 is 0.833 bits per heavy atom. The number of hydrogen-bond donors (Lipinski definition) is 0. The predicted molar refractivity (Wildman–Crippen MR) is 116 cm³/mol. The predicted octanol–water partition coefficient (Wildman–Crippen LogP) is 0.822. The summed E-state index contributed by atoms with van der Waals surface area (Å²) in [6.45, 7) is 8.95. The van der Waals surface area contributed by atoms with E-state index in [1.807, 2.05) is 41.3 Å². The summed E-state index contributed by atoms with van der Waals surface area (Å²) in [4.78, 5) is 30.1. The Kier molecular flexibility index (Phi) is 7.10. The molecule has 0 atom stereocenters. The Hall–Kier alpha value is -2.71. The molecule has 2 saturated heterocycles. The highest BCUT2D eigenvalue weighted by Crippen LogP contribution is 2.11. The second-order valence-corrected chi connectivity index (χ2v) is 7.70. The van der Waals surface area contributed by atoms with E-state index in [1.54, 1.807) is 12.4 Å². The van der Waals surface area contributed by atoms with Gasteiger partial charge in [-0.2, -0.15) is 0 Å². The van der Waals surface area contributed by atoms with Crippen LogP contribution >= 0.6 is 0 Å². The highest BCUT2D eigenvalue weighted by molar-refractivity contribution is 5.78.